The molecule has 0 aliphatic rings. The Morgan fingerprint density at radius 2 is 1.38 bits per heavy atom. The maximum atomic E-state index is 12.7. The van der Waals surface area contributed by atoms with Gasteiger partial charge in [-0.05, 0) is 5.56 Å². The Balaban J connectivity index is 2.96. The second-order valence-corrected chi connectivity index (χ2v) is 2.93. The molecule has 16 heavy (non-hydrogen) atoms. The maximum Gasteiger partial charge on any atom is 0.306 e. The van der Waals surface area contributed by atoms with Crippen molar-refractivity contribution in [3.05, 3.63) is 41.5 Å². The van der Waals surface area contributed by atoms with Crippen LogP contribution < -0.4 is 0 Å². The van der Waals surface area contributed by atoms with Crippen molar-refractivity contribution in [1.82, 2.24) is 0 Å². The van der Waals surface area contributed by atoms with E-state index in [4.69, 9.17) is 0 Å². The van der Waals surface area contributed by atoms with Crippen molar-refractivity contribution in [2.45, 2.75) is 12.6 Å². The molecular weight excluding hydrogens is 234 g/mol. The quantitative estimate of drug-likeness (QED) is 0.682. The third-order valence-electron chi connectivity index (χ3n) is 1.87. The lowest BCUT2D eigenvalue weighted by Gasteiger charge is -2.07. The highest BCUT2D eigenvalue weighted by molar-refractivity contribution is 5.59. The Morgan fingerprint density at radius 3 is 1.75 bits per heavy atom. The van der Waals surface area contributed by atoms with E-state index in [-0.39, 0.29) is 5.56 Å². The van der Waals surface area contributed by atoms with Crippen LogP contribution in [0.5, 0.6) is 0 Å². The van der Waals surface area contributed by atoms with Gasteiger partial charge in [-0.1, -0.05) is 24.3 Å². The van der Waals surface area contributed by atoms with E-state index < -0.39 is 30.1 Å². The highest BCUT2D eigenvalue weighted by Gasteiger charge is 2.21. The van der Waals surface area contributed by atoms with E-state index in [1.807, 2.05) is 0 Å². The third kappa shape index (κ3) is 2.77. The van der Waals surface area contributed by atoms with Crippen LogP contribution in [0.1, 0.15) is 17.3 Å². The normalized spacial score (nSPS) is 12.7. The van der Waals surface area contributed by atoms with E-state index in [0.717, 1.165) is 24.3 Å². The molecule has 1 aromatic rings. The van der Waals surface area contributed by atoms with Crippen LogP contribution in [0.2, 0.25) is 0 Å². The van der Waals surface area contributed by atoms with Crippen LogP contribution in [0.15, 0.2) is 30.3 Å². The molecule has 0 bridgehead atoms. The minimum Gasteiger partial charge on any atom is -0.236 e. The lowest BCUT2D eigenvalue weighted by atomic mass is 10.1. The number of benzene rings is 1. The summed E-state index contributed by atoms with van der Waals surface area (Å²) in [7, 11) is 0. The standard InChI is InChI=1S/C10H6F6/c11-7(9(13)14)5-1-2-6(4-3-5)8(12)10(15)16/h1-4,7,9H. The van der Waals surface area contributed by atoms with E-state index in [0.29, 0.717) is 0 Å². The summed E-state index contributed by atoms with van der Waals surface area (Å²) in [6.07, 6.45) is -8.22. The summed E-state index contributed by atoms with van der Waals surface area (Å²) in [6, 6.07) is 3.32. The van der Waals surface area contributed by atoms with E-state index in [2.05, 4.69) is 0 Å². The summed E-state index contributed by atoms with van der Waals surface area (Å²) in [6.45, 7) is 0. The number of hydrogen-bond acceptors (Lipinski definition) is 0. The summed E-state index contributed by atoms with van der Waals surface area (Å²) in [4.78, 5) is 0. The van der Waals surface area contributed by atoms with Crippen molar-refractivity contribution < 1.29 is 26.3 Å². The fourth-order valence-corrected chi connectivity index (χ4v) is 1.07. The Morgan fingerprint density at radius 1 is 0.875 bits per heavy atom. The first-order chi connectivity index (χ1) is 7.43. The number of hydrogen-bond donors (Lipinski definition) is 0. The maximum absolute atomic E-state index is 12.7. The molecule has 0 amide bonds. The van der Waals surface area contributed by atoms with Gasteiger partial charge >= 0.3 is 6.08 Å². The summed E-state index contributed by atoms with van der Waals surface area (Å²) < 4.78 is 72.9. The fraction of sp³-hybridized carbons (Fsp3) is 0.200. The summed E-state index contributed by atoms with van der Waals surface area (Å²) in [5, 5.41) is 0. The van der Waals surface area contributed by atoms with Gasteiger partial charge in [0.2, 0.25) is 0 Å². The third-order valence-corrected chi connectivity index (χ3v) is 1.87. The molecule has 1 atom stereocenters. The zero-order valence-corrected chi connectivity index (χ0v) is 7.73. The minimum atomic E-state index is -3.20. The average molecular weight is 240 g/mol. The first kappa shape index (κ1) is 12.6. The Hall–Kier alpha value is -1.46. The van der Waals surface area contributed by atoms with Crippen LogP contribution >= 0.6 is 0 Å². The van der Waals surface area contributed by atoms with Gasteiger partial charge in [-0.2, -0.15) is 8.78 Å². The minimum absolute atomic E-state index is 0.384. The zero-order chi connectivity index (χ0) is 12.3. The Bertz CT molecular complexity index is 377. The molecule has 0 aliphatic heterocycles. The molecule has 0 saturated heterocycles. The molecule has 6 heteroatoms. The van der Waals surface area contributed by atoms with Gasteiger partial charge in [-0.3, -0.25) is 0 Å². The lowest BCUT2D eigenvalue weighted by molar-refractivity contribution is 0.0496. The Labute approximate surface area is 87.2 Å². The number of halogens is 6. The van der Waals surface area contributed by atoms with Crippen LogP contribution in [-0.4, -0.2) is 6.43 Å². The molecular formula is C10H6F6. The van der Waals surface area contributed by atoms with Crippen LogP contribution in [-0.2, 0) is 0 Å². The fourth-order valence-electron chi connectivity index (χ4n) is 1.07. The van der Waals surface area contributed by atoms with Crippen molar-refractivity contribution in [1.29, 1.82) is 0 Å². The second kappa shape index (κ2) is 5.05. The molecule has 88 valence electrons. The molecule has 1 rings (SSSR count). The van der Waals surface area contributed by atoms with Gasteiger partial charge in [0.25, 0.3) is 6.43 Å². The van der Waals surface area contributed by atoms with Gasteiger partial charge < -0.3 is 0 Å². The second-order valence-electron chi connectivity index (χ2n) is 2.93. The Kier molecular flexibility index (Phi) is 3.98. The number of alkyl halides is 3. The molecule has 0 nitrogen and oxygen atoms in total. The summed E-state index contributed by atoms with van der Waals surface area (Å²) in [5.74, 6) is -1.75. The number of rotatable bonds is 3. The van der Waals surface area contributed by atoms with Crippen molar-refractivity contribution in [3.63, 3.8) is 0 Å². The lowest BCUT2D eigenvalue weighted by Crippen LogP contribution is -2.02. The van der Waals surface area contributed by atoms with Crippen molar-refractivity contribution in [2.24, 2.45) is 0 Å². The predicted octanol–water partition coefficient (Wildman–Crippen LogP) is 4.50. The molecule has 0 saturated carbocycles. The van der Waals surface area contributed by atoms with Crippen LogP contribution in [0.4, 0.5) is 26.3 Å². The van der Waals surface area contributed by atoms with E-state index in [1.165, 1.54) is 0 Å². The van der Waals surface area contributed by atoms with E-state index >= 15 is 0 Å². The van der Waals surface area contributed by atoms with Gasteiger partial charge in [0.15, 0.2) is 12.0 Å². The van der Waals surface area contributed by atoms with E-state index in [9.17, 15) is 26.3 Å². The van der Waals surface area contributed by atoms with Crippen LogP contribution in [0.25, 0.3) is 5.83 Å². The highest BCUT2D eigenvalue weighted by atomic mass is 19.3. The van der Waals surface area contributed by atoms with Gasteiger partial charge in [-0.25, -0.2) is 17.6 Å². The summed E-state index contributed by atoms with van der Waals surface area (Å²) >= 11 is 0. The predicted molar refractivity (Wildman–Crippen MR) is 46.5 cm³/mol. The highest BCUT2D eigenvalue weighted by Crippen LogP contribution is 2.27. The van der Waals surface area contributed by atoms with Gasteiger partial charge in [0.1, 0.15) is 0 Å². The van der Waals surface area contributed by atoms with Gasteiger partial charge in [0.05, 0.1) is 0 Å². The SMILES string of the molecule is FC(F)=C(F)c1ccc(C(F)C(F)F)cc1. The molecule has 1 aromatic carbocycles. The molecule has 0 N–H and O–H groups in total. The molecule has 1 unspecified atom stereocenters. The van der Waals surface area contributed by atoms with Crippen molar-refractivity contribution >= 4 is 5.83 Å². The van der Waals surface area contributed by atoms with Crippen LogP contribution in [0, 0.1) is 0 Å². The zero-order valence-electron chi connectivity index (χ0n) is 7.73. The topological polar surface area (TPSA) is 0 Å². The monoisotopic (exact) mass is 240 g/mol. The smallest absolute Gasteiger partial charge is 0.236 e. The van der Waals surface area contributed by atoms with Crippen molar-refractivity contribution in [2.75, 3.05) is 0 Å². The molecule has 0 radical (unpaired) electrons. The van der Waals surface area contributed by atoms with Crippen molar-refractivity contribution in [3.8, 4) is 0 Å². The van der Waals surface area contributed by atoms with E-state index in [1.54, 1.807) is 0 Å². The average Bonchev–Trinajstić information content (AvgIpc) is 2.27. The molecule has 0 aromatic heterocycles. The molecule has 0 aliphatic carbocycles. The van der Waals surface area contributed by atoms with Gasteiger partial charge in [-0.15, -0.1) is 0 Å². The first-order valence-electron chi connectivity index (χ1n) is 4.16. The molecule has 0 spiro atoms. The molecule has 0 fully saturated rings. The first-order valence-corrected chi connectivity index (χ1v) is 4.16. The van der Waals surface area contributed by atoms with Gasteiger partial charge in [0, 0.05) is 5.56 Å². The molecule has 0 heterocycles. The largest absolute Gasteiger partial charge is 0.306 e. The summed E-state index contributed by atoms with van der Waals surface area (Å²) in [5.41, 5.74) is -0.865. The van der Waals surface area contributed by atoms with Crippen LogP contribution in [0.3, 0.4) is 0 Å².